The van der Waals surface area contributed by atoms with Gasteiger partial charge in [0.05, 0.1) is 10.5 Å². The second-order valence-electron chi connectivity index (χ2n) is 4.30. The summed E-state index contributed by atoms with van der Waals surface area (Å²) in [6.07, 6.45) is 0.309. The van der Waals surface area contributed by atoms with Gasteiger partial charge in [0, 0.05) is 4.47 Å². The van der Waals surface area contributed by atoms with Crippen molar-refractivity contribution in [3.63, 3.8) is 0 Å². The van der Waals surface area contributed by atoms with Crippen LogP contribution >= 0.6 is 31.9 Å². The number of halogens is 4. The smallest absolute Gasteiger partial charge is 0.137 e. The fraction of sp³-hybridized carbons (Fsp3) is 0.143. The second-order valence-corrected chi connectivity index (χ2v) is 6.01. The van der Waals surface area contributed by atoms with Gasteiger partial charge in [-0.15, -0.1) is 0 Å². The first kappa shape index (κ1) is 15.6. The molecule has 0 bridgehead atoms. The van der Waals surface area contributed by atoms with E-state index in [1.165, 1.54) is 12.1 Å². The van der Waals surface area contributed by atoms with Crippen LogP contribution in [0.15, 0.2) is 45.3 Å². The number of benzene rings is 2. The number of hydrogen-bond acceptors (Lipinski definition) is 2. The Morgan fingerprint density at radius 3 is 2.55 bits per heavy atom. The van der Waals surface area contributed by atoms with Crippen molar-refractivity contribution < 1.29 is 8.78 Å². The van der Waals surface area contributed by atoms with E-state index in [1.54, 1.807) is 24.3 Å². The van der Waals surface area contributed by atoms with Crippen LogP contribution in [0, 0.1) is 11.6 Å². The molecule has 106 valence electrons. The van der Waals surface area contributed by atoms with Crippen LogP contribution in [0.2, 0.25) is 0 Å². The number of nitrogens with two attached hydrogens (primary N) is 1. The number of nitrogens with one attached hydrogen (secondary N) is 1. The Labute approximate surface area is 132 Å². The SMILES string of the molecule is NNC(Cc1cc(Br)ccc1F)c1cccc(F)c1Br. The summed E-state index contributed by atoms with van der Waals surface area (Å²) in [5.74, 6) is 4.84. The first-order chi connectivity index (χ1) is 9.52. The van der Waals surface area contributed by atoms with E-state index in [4.69, 9.17) is 5.84 Å². The van der Waals surface area contributed by atoms with Crippen LogP contribution in [0.3, 0.4) is 0 Å². The predicted octanol–water partition coefficient (Wildman–Crippen LogP) is 4.24. The van der Waals surface area contributed by atoms with Gasteiger partial charge >= 0.3 is 0 Å². The van der Waals surface area contributed by atoms with E-state index in [0.29, 0.717) is 22.0 Å². The average Bonchev–Trinajstić information content (AvgIpc) is 2.43. The van der Waals surface area contributed by atoms with Gasteiger partial charge in [-0.2, -0.15) is 0 Å². The predicted molar refractivity (Wildman–Crippen MR) is 82.0 cm³/mol. The summed E-state index contributed by atoms with van der Waals surface area (Å²) in [7, 11) is 0. The molecule has 0 aliphatic rings. The van der Waals surface area contributed by atoms with E-state index >= 15 is 0 Å². The summed E-state index contributed by atoms with van der Waals surface area (Å²) in [6, 6.07) is 8.98. The van der Waals surface area contributed by atoms with Gasteiger partial charge in [0.1, 0.15) is 11.6 Å². The lowest BCUT2D eigenvalue weighted by atomic mass is 9.99. The van der Waals surface area contributed by atoms with Crippen LogP contribution in [0.4, 0.5) is 8.78 Å². The van der Waals surface area contributed by atoms with Gasteiger partial charge in [-0.1, -0.05) is 28.1 Å². The molecule has 3 N–H and O–H groups in total. The molecule has 0 saturated carbocycles. The summed E-state index contributed by atoms with van der Waals surface area (Å²) in [6.45, 7) is 0. The summed E-state index contributed by atoms with van der Waals surface area (Å²) in [5.41, 5.74) is 3.75. The van der Waals surface area contributed by atoms with Gasteiger partial charge in [-0.05, 0) is 57.7 Å². The second kappa shape index (κ2) is 6.76. The lowest BCUT2D eigenvalue weighted by Gasteiger charge is -2.18. The molecule has 0 spiro atoms. The van der Waals surface area contributed by atoms with Crippen LogP contribution in [-0.2, 0) is 6.42 Å². The maximum Gasteiger partial charge on any atom is 0.137 e. The number of rotatable bonds is 4. The van der Waals surface area contributed by atoms with Crippen LogP contribution in [0.25, 0.3) is 0 Å². The van der Waals surface area contributed by atoms with E-state index in [-0.39, 0.29) is 11.6 Å². The van der Waals surface area contributed by atoms with Crippen molar-refractivity contribution in [2.24, 2.45) is 5.84 Å². The van der Waals surface area contributed by atoms with E-state index in [9.17, 15) is 8.78 Å². The van der Waals surface area contributed by atoms with E-state index in [0.717, 1.165) is 4.47 Å². The average molecular weight is 406 g/mol. The normalized spacial score (nSPS) is 12.4. The molecule has 0 heterocycles. The Balaban J connectivity index is 2.34. The van der Waals surface area contributed by atoms with Gasteiger partial charge < -0.3 is 0 Å². The lowest BCUT2D eigenvalue weighted by Crippen LogP contribution is -2.30. The summed E-state index contributed by atoms with van der Waals surface area (Å²) in [4.78, 5) is 0. The number of hydrazine groups is 1. The highest BCUT2D eigenvalue weighted by Crippen LogP contribution is 2.29. The molecule has 20 heavy (non-hydrogen) atoms. The Bertz CT molecular complexity index is 620. The third-order valence-electron chi connectivity index (χ3n) is 2.99. The first-order valence-corrected chi connectivity index (χ1v) is 7.45. The Morgan fingerprint density at radius 1 is 1.10 bits per heavy atom. The fourth-order valence-corrected chi connectivity index (χ4v) is 2.92. The van der Waals surface area contributed by atoms with Crippen LogP contribution < -0.4 is 11.3 Å². The molecule has 1 unspecified atom stereocenters. The first-order valence-electron chi connectivity index (χ1n) is 5.87. The molecule has 2 aromatic carbocycles. The lowest BCUT2D eigenvalue weighted by molar-refractivity contribution is 0.521. The van der Waals surface area contributed by atoms with Crippen LogP contribution in [0.1, 0.15) is 17.2 Å². The molecule has 2 rings (SSSR count). The molecule has 0 radical (unpaired) electrons. The quantitative estimate of drug-likeness (QED) is 0.589. The molecule has 2 nitrogen and oxygen atoms in total. The fourth-order valence-electron chi connectivity index (χ4n) is 1.97. The van der Waals surface area contributed by atoms with Crippen molar-refractivity contribution >= 4 is 31.9 Å². The Morgan fingerprint density at radius 2 is 1.85 bits per heavy atom. The summed E-state index contributed by atoms with van der Waals surface area (Å²) >= 11 is 6.50. The zero-order valence-electron chi connectivity index (χ0n) is 10.3. The van der Waals surface area contributed by atoms with Crippen molar-refractivity contribution in [3.05, 3.63) is 68.1 Å². The van der Waals surface area contributed by atoms with Crippen molar-refractivity contribution in [3.8, 4) is 0 Å². The van der Waals surface area contributed by atoms with Gasteiger partial charge in [0.2, 0.25) is 0 Å². The monoisotopic (exact) mass is 404 g/mol. The van der Waals surface area contributed by atoms with Gasteiger partial charge in [-0.3, -0.25) is 11.3 Å². The summed E-state index contributed by atoms with van der Waals surface area (Å²) in [5, 5.41) is 0. The molecule has 0 aliphatic carbocycles. The highest BCUT2D eigenvalue weighted by Gasteiger charge is 2.17. The largest absolute Gasteiger partial charge is 0.271 e. The highest BCUT2D eigenvalue weighted by atomic mass is 79.9. The molecule has 2 aromatic rings. The van der Waals surface area contributed by atoms with Crippen molar-refractivity contribution in [1.82, 2.24) is 5.43 Å². The van der Waals surface area contributed by atoms with Crippen molar-refractivity contribution in [1.29, 1.82) is 0 Å². The third kappa shape index (κ3) is 3.44. The maximum absolute atomic E-state index is 13.8. The molecule has 0 fully saturated rings. The molecule has 0 aliphatic heterocycles. The minimum atomic E-state index is -0.399. The zero-order chi connectivity index (χ0) is 14.7. The topological polar surface area (TPSA) is 38.0 Å². The van der Waals surface area contributed by atoms with Gasteiger partial charge in [-0.25, -0.2) is 8.78 Å². The van der Waals surface area contributed by atoms with E-state index in [2.05, 4.69) is 37.3 Å². The van der Waals surface area contributed by atoms with Crippen LogP contribution in [0.5, 0.6) is 0 Å². The Kier molecular flexibility index (Phi) is 5.26. The molecule has 0 saturated heterocycles. The summed E-state index contributed by atoms with van der Waals surface area (Å²) < 4.78 is 28.5. The highest BCUT2D eigenvalue weighted by molar-refractivity contribution is 9.10. The standard InChI is InChI=1S/C14H12Br2F2N2/c15-9-4-5-11(17)8(6-9)7-13(20-19)10-2-1-3-12(18)14(10)16/h1-6,13,20H,7,19H2. The van der Waals surface area contributed by atoms with Crippen LogP contribution in [-0.4, -0.2) is 0 Å². The molecular weight excluding hydrogens is 394 g/mol. The van der Waals surface area contributed by atoms with Crippen molar-refractivity contribution in [2.45, 2.75) is 12.5 Å². The van der Waals surface area contributed by atoms with Gasteiger partial charge in [0.15, 0.2) is 0 Å². The van der Waals surface area contributed by atoms with Crippen molar-refractivity contribution in [2.75, 3.05) is 0 Å². The molecule has 0 aromatic heterocycles. The molecule has 0 amide bonds. The van der Waals surface area contributed by atoms with E-state index < -0.39 is 6.04 Å². The minimum Gasteiger partial charge on any atom is -0.271 e. The number of hydrogen-bond donors (Lipinski definition) is 2. The Hall–Kier alpha value is -0.820. The molecule has 1 atom stereocenters. The molecule has 6 heteroatoms. The maximum atomic E-state index is 13.8. The van der Waals surface area contributed by atoms with E-state index in [1.807, 2.05) is 0 Å². The van der Waals surface area contributed by atoms with Gasteiger partial charge in [0.25, 0.3) is 0 Å². The third-order valence-corrected chi connectivity index (χ3v) is 4.32. The molecular formula is C14H12Br2F2N2. The zero-order valence-corrected chi connectivity index (χ0v) is 13.5. The minimum absolute atomic E-state index is 0.309.